The molecule has 0 spiro atoms. The maximum absolute atomic E-state index is 12.2. The van der Waals surface area contributed by atoms with Crippen LogP contribution >= 0.6 is 23.1 Å². The van der Waals surface area contributed by atoms with Gasteiger partial charge in [-0.1, -0.05) is 30.0 Å². The number of rotatable bonds is 2. The van der Waals surface area contributed by atoms with Gasteiger partial charge in [0.15, 0.2) is 9.99 Å². The smallest absolute Gasteiger partial charge is 0.227 e. The quantitative estimate of drug-likeness (QED) is 0.652. The van der Waals surface area contributed by atoms with E-state index in [2.05, 4.69) is 9.97 Å². The van der Waals surface area contributed by atoms with Crippen LogP contribution in [-0.2, 0) is 0 Å². The van der Waals surface area contributed by atoms with E-state index in [0.717, 1.165) is 15.6 Å². The van der Waals surface area contributed by atoms with Crippen LogP contribution in [0.25, 0.3) is 21.3 Å². The average Bonchev–Trinajstić information content (AvgIpc) is 2.74. The van der Waals surface area contributed by atoms with E-state index in [4.69, 9.17) is 0 Å². The van der Waals surface area contributed by atoms with Crippen LogP contribution in [0.1, 0.15) is 0 Å². The Morgan fingerprint density at radius 2 is 1.95 bits per heavy atom. The van der Waals surface area contributed by atoms with Crippen LogP contribution < -0.4 is 0 Å². The third kappa shape index (κ3) is 2.82. The summed E-state index contributed by atoms with van der Waals surface area (Å²) in [6.45, 7) is 0. The van der Waals surface area contributed by atoms with Crippen molar-refractivity contribution in [3.63, 3.8) is 0 Å². The van der Waals surface area contributed by atoms with Gasteiger partial charge in [-0.3, -0.25) is 0 Å². The molecule has 0 amide bonds. The first-order valence-electron chi connectivity index (χ1n) is 5.37. The fourth-order valence-corrected chi connectivity index (χ4v) is 3.46. The molecule has 2 heterocycles. The minimum absolute atomic E-state index is 0.398. The standard InChI is InChI=1S/C12H7F3N2S2/c13-12(14,15)6-18-11-17-10-9(19-11)5-7-3-1-2-4-8(7)16-10/h1-5H,6H2. The van der Waals surface area contributed by atoms with E-state index in [1.54, 1.807) is 0 Å². The highest BCUT2D eigenvalue weighted by Crippen LogP contribution is 2.33. The fourth-order valence-electron chi connectivity index (χ4n) is 1.65. The Morgan fingerprint density at radius 1 is 1.16 bits per heavy atom. The van der Waals surface area contributed by atoms with Crippen LogP contribution in [0.15, 0.2) is 34.7 Å². The maximum Gasteiger partial charge on any atom is 0.398 e. The number of pyridine rings is 1. The number of para-hydroxylation sites is 1. The number of thiazole rings is 1. The molecule has 0 bridgehead atoms. The fraction of sp³-hybridized carbons (Fsp3) is 0.167. The summed E-state index contributed by atoms with van der Waals surface area (Å²) in [5, 5.41) is 0.964. The molecular formula is C12H7F3N2S2. The summed E-state index contributed by atoms with van der Waals surface area (Å²) >= 11 is 1.94. The molecule has 0 atom stereocenters. The molecule has 2 aromatic heterocycles. The lowest BCUT2D eigenvalue weighted by Crippen LogP contribution is -2.10. The summed E-state index contributed by atoms with van der Waals surface area (Å²) < 4.78 is 37.7. The Balaban J connectivity index is 1.98. The predicted molar refractivity (Wildman–Crippen MR) is 71.7 cm³/mol. The molecular weight excluding hydrogens is 293 g/mol. The second-order valence-corrected chi connectivity index (χ2v) is 6.14. The molecule has 0 saturated heterocycles. The number of thioether (sulfide) groups is 1. The van der Waals surface area contributed by atoms with Gasteiger partial charge < -0.3 is 0 Å². The lowest BCUT2D eigenvalue weighted by atomic mass is 10.2. The first-order valence-corrected chi connectivity index (χ1v) is 7.17. The molecule has 0 fully saturated rings. The third-order valence-electron chi connectivity index (χ3n) is 2.42. The number of fused-ring (bicyclic) bond motifs is 2. The van der Waals surface area contributed by atoms with Gasteiger partial charge in [-0.05, 0) is 12.1 Å². The second kappa shape index (κ2) is 4.64. The third-order valence-corrected chi connectivity index (χ3v) is 4.62. The van der Waals surface area contributed by atoms with Gasteiger partial charge in [0.25, 0.3) is 0 Å². The first-order chi connectivity index (χ1) is 9.01. The zero-order valence-corrected chi connectivity index (χ0v) is 11.1. The monoisotopic (exact) mass is 300 g/mol. The Morgan fingerprint density at radius 3 is 2.74 bits per heavy atom. The molecule has 3 rings (SSSR count). The zero-order chi connectivity index (χ0) is 13.5. The van der Waals surface area contributed by atoms with Gasteiger partial charge in [-0.2, -0.15) is 13.2 Å². The molecule has 7 heteroatoms. The molecule has 1 aromatic carbocycles. The van der Waals surface area contributed by atoms with E-state index < -0.39 is 11.9 Å². The topological polar surface area (TPSA) is 25.8 Å². The normalized spacial score (nSPS) is 12.4. The minimum Gasteiger partial charge on any atom is -0.227 e. The Kier molecular flexibility index (Phi) is 3.10. The molecule has 98 valence electrons. The van der Waals surface area contributed by atoms with E-state index in [9.17, 15) is 13.2 Å². The largest absolute Gasteiger partial charge is 0.398 e. The number of benzene rings is 1. The molecule has 0 aliphatic carbocycles. The van der Waals surface area contributed by atoms with Crippen molar-refractivity contribution >= 4 is 44.3 Å². The van der Waals surface area contributed by atoms with Gasteiger partial charge in [-0.15, -0.1) is 11.3 Å². The van der Waals surface area contributed by atoms with Crippen molar-refractivity contribution < 1.29 is 13.2 Å². The van der Waals surface area contributed by atoms with Crippen molar-refractivity contribution in [3.8, 4) is 0 Å². The SMILES string of the molecule is FC(F)(F)CSc1nc2nc3ccccc3cc2s1. The van der Waals surface area contributed by atoms with E-state index in [-0.39, 0.29) is 0 Å². The van der Waals surface area contributed by atoms with Gasteiger partial charge in [0.05, 0.1) is 16.0 Å². The molecule has 0 saturated carbocycles. The number of hydrogen-bond donors (Lipinski definition) is 0. The van der Waals surface area contributed by atoms with Crippen LogP contribution in [0, 0.1) is 0 Å². The molecule has 0 radical (unpaired) electrons. The van der Waals surface area contributed by atoms with Crippen LogP contribution in [0.4, 0.5) is 13.2 Å². The minimum atomic E-state index is -4.18. The average molecular weight is 300 g/mol. The summed E-state index contributed by atoms with van der Waals surface area (Å²) in [5.41, 5.74) is 1.31. The van der Waals surface area contributed by atoms with Gasteiger partial charge in [-0.25, -0.2) is 9.97 Å². The first kappa shape index (κ1) is 12.7. The summed E-state index contributed by atoms with van der Waals surface area (Å²) in [6.07, 6.45) is -4.18. The Labute approximate surface area is 114 Å². The van der Waals surface area contributed by atoms with E-state index >= 15 is 0 Å². The lowest BCUT2D eigenvalue weighted by molar-refractivity contribution is -0.105. The molecule has 19 heavy (non-hydrogen) atoms. The maximum atomic E-state index is 12.2. The molecule has 0 N–H and O–H groups in total. The number of aromatic nitrogens is 2. The lowest BCUT2D eigenvalue weighted by Gasteiger charge is -2.02. The zero-order valence-electron chi connectivity index (χ0n) is 9.44. The Hall–Kier alpha value is -1.34. The van der Waals surface area contributed by atoms with Crippen LogP contribution in [-0.4, -0.2) is 21.9 Å². The summed E-state index contributed by atoms with van der Waals surface area (Å²) in [7, 11) is 0. The van der Waals surface area contributed by atoms with Gasteiger partial charge in [0, 0.05) is 5.39 Å². The van der Waals surface area contributed by atoms with Crippen molar-refractivity contribution in [1.29, 1.82) is 0 Å². The van der Waals surface area contributed by atoms with Gasteiger partial charge in [0.2, 0.25) is 0 Å². The van der Waals surface area contributed by atoms with Crippen LogP contribution in [0.2, 0.25) is 0 Å². The highest BCUT2D eigenvalue weighted by molar-refractivity contribution is 8.01. The van der Waals surface area contributed by atoms with Crippen LogP contribution in [0.3, 0.4) is 0 Å². The molecule has 0 aliphatic rings. The van der Waals surface area contributed by atoms with Crippen LogP contribution in [0.5, 0.6) is 0 Å². The molecule has 0 unspecified atom stereocenters. The second-order valence-electron chi connectivity index (χ2n) is 3.89. The number of nitrogens with zero attached hydrogens (tertiary/aromatic N) is 2. The highest BCUT2D eigenvalue weighted by Gasteiger charge is 2.28. The van der Waals surface area contributed by atoms with Crippen molar-refractivity contribution in [2.24, 2.45) is 0 Å². The summed E-state index contributed by atoms with van der Waals surface area (Å²) in [5.74, 6) is -0.924. The predicted octanol–water partition coefficient (Wildman–Crippen LogP) is 4.50. The number of halogens is 3. The van der Waals surface area contributed by atoms with Gasteiger partial charge in [0.1, 0.15) is 0 Å². The summed E-state index contributed by atoms with van der Waals surface area (Å²) in [6, 6.07) is 9.46. The van der Waals surface area contributed by atoms with E-state index in [1.807, 2.05) is 30.3 Å². The van der Waals surface area contributed by atoms with E-state index in [1.165, 1.54) is 11.3 Å². The molecule has 0 aliphatic heterocycles. The molecule has 3 aromatic rings. The van der Waals surface area contributed by atoms with Crippen molar-refractivity contribution in [2.75, 3.05) is 5.75 Å². The number of hydrogen-bond acceptors (Lipinski definition) is 4. The van der Waals surface area contributed by atoms with E-state index in [0.29, 0.717) is 21.7 Å². The van der Waals surface area contributed by atoms with Gasteiger partial charge >= 0.3 is 6.18 Å². The van der Waals surface area contributed by atoms with Crippen molar-refractivity contribution in [3.05, 3.63) is 30.3 Å². The number of alkyl halides is 3. The Bertz CT molecular complexity index is 684. The van der Waals surface area contributed by atoms with Crippen molar-refractivity contribution in [2.45, 2.75) is 10.5 Å². The van der Waals surface area contributed by atoms with Crippen molar-refractivity contribution in [1.82, 2.24) is 9.97 Å². The summed E-state index contributed by atoms with van der Waals surface area (Å²) in [4.78, 5) is 8.48. The molecule has 2 nitrogen and oxygen atoms in total. The highest BCUT2D eigenvalue weighted by atomic mass is 32.2.